The van der Waals surface area contributed by atoms with Crippen molar-refractivity contribution in [2.75, 3.05) is 52.3 Å². The van der Waals surface area contributed by atoms with Gasteiger partial charge in [0, 0.05) is 44.7 Å². The Balaban J connectivity index is 1.86. The van der Waals surface area contributed by atoms with Crippen LogP contribution in [0.25, 0.3) is 0 Å². The van der Waals surface area contributed by atoms with Crippen LogP contribution in [0.3, 0.4) is 0 Å². The third-order valence-corrected chi connectivity index (χ3v) is 4.79. The summed E-state index contributed by atoms with van der Waals surface area (Å²) in [7, 11) is 6.05. The molecule has 0 spiro atoms. The van der Waals surface area contributed by atoms with E-state index in [9.17, 15) is 0 Å². The van der Waals surface area contributed by atoms with Gasteiger partial charge in [0.25, 0.3) is 0 Å². The highest BCUT2D eigenvalue weighted by Gasteiger charge is 2.32. The second kappa shape index (κ2) is 7.36. The van der Waals surface area contributed by atoms with E-state index in [-0.39, 0.29) is 0 Å². The summed E-state index contributed by atoms with van der Waals surface area (Å²) in [5.41, 5.74) is 1.13. The Bertz CT molecular complexity index is 410. The summed E-state index contributed by atoms with van der Waals surface area (Å²) >= 11 is 1.75. The van der Waals surface area contributed by atoms with Gasteiger partial charge in [-0.15, -0.1) is 11.3 Å². The first-order valence-electron chi connectivity index (χ1n) is 7.17. The van der Waals surface area contributed by atoms with E-state index in [1.165, 1.54) is 0 Å². The lowest BCUT2D eigenvalue weighted by Crippen LogP contribution is -2.34. The quantitative estimate of drug-likeness (QED) is 0.768. The Labute approximate surface area is 125 Å². The largest absolute Gasteiger partial charge is 0.383 e. The smallest absolute Gasteiger partial charge is 0.185 e. The number of anilines is 1. The molecule has 0 aromatic carbocycles. The summed E-state index contributed by atoms with van der Waals surface area (Å²) in [4.78, 5) is 9.48. The van der Waals surface area contributed by atoms with Gasteiger partial charge in [-0.1, -0.05) is 6.92 Å². The molecule has 1 N–H and O–H groups in total. The predicted molar refractivity (Wildman–Crippen MR) is 84.5 cm³/mol. The van der Waals surface area contributed by atoms with E-state index in [0.29, 0.717) is 12.0 Å². The van der Waals surface area contributed by atoms with Gasteiger partial charge in [-0.2, -0.15) is 0 Å². The van der Waals surface area contributed by atoms with Crippen molar-refractivity contribution in [3.05, 3.63) is 11.1 Å². The number of ether oxygens (including phenoxy) is 1. The Kier molecular flexibility index (Phi) is 5.77. The molecule has 2 atom stereocenters. The zero-order valence-electron chi connectivity index (χ0n) is 12.9. The van der Waals surface area contributed by atoms with Gasteiger partial charge in [0.1, 0.15) is 0 Å². The van der Waals surface area contributed by atoms with Gasteiger partial charge in [0.05, 0.1) is 12.3 Å². The zero-order valence-corrected chi connectivity index (χ0v) is 13.7. The number of hydrogen-bond donors (Lipinski definition) is 1. The first-order valence-corrected chi connectivity index (χ1v) is 8.05. The molecule has 1 aromatic rings. The van der Waals surface area contributed by atoms with Crippen LogP contribution in [0.2, 0.25) is 0 Å². The highest BCUT2D eigenvalue weighted by Crippen LogP contribution is 2.28. The fourth-order valence-corrected chi connectivity index (χ4v) is 3.54. The minimum atomic E-state index is 0.627. The fraction of sp³-hybridized carbons (Fsp3) is 0.786. The van der Waals surface area contributed by atoms with Crippen molar-refractivity contribution >= 4 is 16.5 Å². The fourth-order valence-electron chi connectivity index (χ4n) is 2.69. The number of nitrogens with one attached hydrogen (secondary N) is 1. The molecular formula is C14H26N4OS. The Hall–Kier alpha value is -0.690. The third kappa shape index (κ3) is 3.91. The van der Waals surface area contributed by atoms with Crippen LogP contribution in [-0.4, -0.2) is 63.4 Å². The van der Waals surface area contributed by atoms with Crippen LogP contribution in [0.4, 0.5) is 5.13 Å². The van der Waals surface area contributed by atoms with Crippen LogP contribution in [0, 0.1) is 5.92 Å². The number of hydrogen-bond acceptors (Lipinski definition) is 6. The van der Waals surface area contributed by atoms with Crippen LogP contribution in [0.15, 0.2) is 5.38 Å². The number of thiazole rings is 1. The van der Waals surface area contributed by atoms with E-state index in [2.05, 4.69) is 41.5 Å². The lowest BCUT2D eigenvalue weighted by Gasteiger charge is -2.22. The average molecular weight is 298 g/mol. The summed E-state index contributed by atoms with van der Waals surface area (Å²) in [6, 6.07) is 0.627. The van der Waals surface area contributed by atoms with E-state index in [4.69, 9.17) is 9.72 Å². The average Bonchev–Trinajstić information content (AvgIpc) is 3.01. The Morgan fingerprint density at radius 2 is 2.30 bits per heavy atom. The van der Waals surface area contributed by atoms with Crippen LogP contribution in [-0.2, 0) is 11.3 Å². The van der Waals surface area contributed by atoms with Crippen molar-refractivity contribution in [1.82, 2.24) is 15.2 Å². The summed E-state index contributed by atoms with van der Waals surface area (Å²) < 4.78 is 5.02. The first kappa shape index (κ1) is 15.7. The number of methoxy groups -OCH3 is 1. The lowest BCUT2D eigenvalue weighted by atomic mass is 10.1. The Morgan fingerprint density at radius 1 is 1.50 bits per heavy atom. The van der Waals surface area contributed by atoms with E-state index < -0.39 is 0 Å². The van der Waals surface area contributed by atoms with Crippen LogP contribution in [0.5, 0.6) is 0 Å². The first-order chi connectivity index (χ1) is 9.61. The molecule has 6 heteroatoms. The number of aromatic nitrogens is 1. The van der Waals surface area contributed by atoms with Crippen LogP contribution < -0.4 is 10.2 Å². The van der Waals surface area contributed by atoms with Crippen molar-refractivity contribution in [3.8, 4) is 0 Å². The van der Waals surface area contributed by atoms with Crippen molar-refractivity contribution in [2.24, 2.45) is 5.92 Å². The van der Waals surface area contributed by atoms with Crippen LogP contribution in [0.1, 0.15) is 12.6 Å². The van der Waals surface area contributed by atoms with E-state index in [1.807, 2.05) is 0 Å². The number of rotatable bonds is 7. The van der Waals surface area contributed by atoms with Gasteiger partial charge in [-0.3, -0.25) is 0 Å². The molecule has 0 saturated carbocycles. The standard InChI is InChI=1S/C14H26N4OS/c1-11-8-18(9-13(11)17(2)3)14-16-12(10-20-14)7-15-5-6-19-4/h10-11,13,15H,5-9H2,1-4H3. The van der Waals surface area contributed by atoms with Crippen molar-refractivity contribution in [3.63, 3.8) is 0 Å². The number of nitrogens with zero attached hydrogens (tertiary/aromatic N) is 3. The SMILES string of the molecule is COCCNCc1csc(N2CC(C)C(N(C)C)C2)n1. The molecule has 5 nitrogen and oxygen atoms in total. The van der Waals surface area contributed by atoms with Gasteiger partial charge in [0.15, 0.2) is 5.13 Å². The molecule has 1 aromatic heterocycles. The third-order valence-electron chi connectivity index (χ3n) is 3.84. The maximum absolute atomic E-state index is 5.02. The van der Waals surface area contributed by atoms with Gasteiger partial charge in [0.2, 0.25) is 0 Å². The summed E-state index contributed by atoms with van der Waals surface area (Å²) in [6.07, 6.45) is 0. The summed E-state index contributed by atoms with van der Waals surface area (Å²) in [5.74, 6) is 0.692. The molecule has 2 rings (SSSR count). The van der Waals surface area contributed by atoms with Gasteiger partial charge in [-0.25, -0.2) is 4.98 Å². The van der Waals surface area contributed by atoms with Crippen molar-refractivity contribution < 1.29 is 4.74 Å². The molecule has 0 bridgehead atoms. The summed E-state index contributed by atoms with van der Waals surface area (Å²) in [5, 5.41) is 6.65. The van der Waals surface area contributed by atoms with E-state index in [1.54, 1.807) is 18.4 Å². The molecule has 0 amide bonds. The van der Waals surface area contributed by atoms with Crippen molar-refractivity contribution in [1.29, 1.82) is 0 Å². The molecule has 1 saturated heterocycles. The summed E-state index contributed by atoms with van der Waals surface area (Å²) in [6.45, 7) is 6.94. The monoisotopic (exact) mass is 298 g/mol. The predicted octanol–water partition coefficient (Wildman–Crippen LogP) is 1.27. The minimum Gasteiger partial charge on any atom is -0.383 e. The van der Waals surface area contributed by atoms with Crippen LogP contribution >= 0.6 is 11.3 Å². The second-order valence-electron chi connectivity index (χ2n) is 5.70. The van der Waals surface area contributed by atoms with E-state index in [0.717, 1.165) is 43.6 Å². The molecule has 2 unspecified atom stereocenters. The molecule has 1 fully saturated rings. The van der Waals surface area contributed by atoms with E-state index >= 15 is 0 Å². The number of likely N-dealkylation sites (N-methyl/N-ethyl adjacent to an activating group) is 1. The maximum Gasteiger partial charge on any atom is 0.185 e. The molecule has 1 aliphatic heterocycles. The topological polar surface area (TPSA) is 40.6 Å². The molecule has 0 radical (unpaired) electrons. The molecule has 2 heterocycles. The molecule has 114 valence electrons. The Morgan fingerprint density at radius 3 is 2.95 bits per heavy atom. The maximum atomic E-state index is 5.02. The normalized spacial score (nSPS) is 22.9. The van der Waals surface area contributed by atoms with Gasteiger partial charge < -0.3 is 19.9 Å². The van der Waals surface area contributed by atoms with Gasteiger partial charge in [-0.05, 0) is 20.0 Å². The van der Waals surface area contributed by atoms with Gasteiger partial charge >= 0.3 is 0 Å². The molecule has 1 aliphatic rings. The van der Waals surface area contributed by atoms with Crippen molar-refractivity contribution in [2.45, 2.75) is 19.5 Å². The highest BCUT2D eigenvalue weighted by molar-refractivity contribution is 7.13. The highest BCUT2D eigenvalue weighted by atomic mass is 32.1. The lowest BCUT2D eigenvalue weighted by molar-refractivity contribution is 0.199. The molecule has 0 aliphatic carbocycles. The molecular weight excluding hydrogens is 272 g/mol. The minimum absolute atomic E-state index is 0.627. The molecule has 20 heavy (non-hydrogen) atoms. The zero-order chi connectivity index (χ0) is 14.5. The second-order valence-corrected chi connectivity index (χ2v) is 6.54.